The van der Waals surface area contributed by atoms with Gasteiger partial charge in [0.25, 0.3) is 0 Å². The van der Waals surface area contributed by atoms with E-state index in [1.165, 1.54) is 25.9 Å². The van der Waals surface area contributed by atoms with Crippen LogP contribution in [0.5, 0.6) is 0 Å². The van der Waals surface area contributed by atoms with Gasteiger partial charge in [-0.05, 0) is 39.3 Å². The van der Waals surface area contributed by atoms with Crippen LogP contribution < -0.4 is 5.32 Å². The zero-order valence-electron chi connectivity index (χ0n) is 9.79. The van der Waals surface area contributed by atoms with E-state index in [4.69, 9.17) is 4.74 Å². The number of likely N-dealkylation sites (N-methyl/N-ethyl adjacent to an activating group) is 1. The molecule has 90 valence electrons. The van der Waals surface area contributed by atoms with Crippen LogP contribution in [0.25, 0.3) is 0 Å². The van der Waals surface area contributed by atoms with Crippen molar-refractivity contribution < 1.29 is 4.74 Å². The second-order valence-corrected chi connectivity index (χ2v) is 5.03. The molecule has 2 unspecified atom stereocenters. The lowest BCUT2D eigenvalue weighted by Gasteiger charge is -2.36. The van der Waals surface area contributed by atoms with Crippen LogP contribution in [-0.2, 0) is 4.74 Å². The first-order chi connectivity index (χ1) is 6.71. The summed E-state index contributed by atoms with van der Waals surface area (Å²) in [5.74, 6) is 0.762. The summed E-state index contributed by atoms with van der Waals surface area (Å²) in [5, 5.41) is 3.45. The Hall–Kier alpha value is 0.170. The summed E-state index contributed by atoms with van der Waals surface area (Å²) in [6.07, 6.45) is 2.52. The third kappa shape index (κ3) is 3.06. The minimum absolute atomic E-state index is 0. The van der Waals surface area contributed by atoms with Crippen LogP contribution in [0.4, 0.5) is 0 Å². The summed E-state index contributed by atoms with van der Waals surface area (Å²) in [5.41, 5.74) is 0.378. The average molecular weight is 235 g/mol. The van der Waals surface area contributed by atoms with E-state index in [1.54, 1.807) is 0 Å². The number of hydrogen-bond acceptors (Lipinski definition) is 3. The van der Waals surface area contributed by atoms with Gasteiger partial charge in [-0.15, -0.1) is 12.4 Å². The first kappa shape index (κ1) is 13.2. The lowest BCUT2D eigenvalue weighted by molar-refractivity contribution is 0.120. The quantitative estimate of drug-likeness (QED) is 0.793. The minimum Gasteiger partial charge on any atom is -0.381 e. The molecule has 15 heavy (non-hydrogen) atoms. The molecule has 2 rings (SSSR count). The molecule has 4 heteroatoms. The Labute approximate surface area is 99.0 Å². The highest BCUT2D eigenvalue weighted by molar-refractivity contribution is 5.85. The highest BCUT2D eigenvalue weighted by Crippen LogP contribution is 2.24. The molecule has 0 bridgehead atoms. The molecule has 0 aromatic carbocycles. The van der Waals surface area contributed by atoms with Gasteiger partial charge in [0.05, 0.1) is 6.61 Å². The molecule has 2 aliphatic heterocycles. The molecule has 2 fully saturated rings. The summed E-state index contributed by atoms with van der Waals surface area (Å²) in [7, 11) is 2.26. The molecule has 3 nitrogen and oxygen atoms in total. The van der Waals surface area contributed by atoms with Gasteiger partial charge in [0.15, 0.2) is 0 Å². The zero-order chi connectivity index (χ0) is 10.0. The van der Waals surface area contributed by atoms with E-state index >= 15 is 0 Å². The summed E-state index contributed by atoms with van der Waals surface area (Å²) < 4.78 is 5.41. The molecule has 2 saturated heterocycles. The first-order valence-corrected chi connectivity index (χ1v) is 5.70. The van der Waals surface area contributed by atoms with Gasteiger partial charge in [-0.3, -0.25) is 4.90 Å². The largest absolute Gasteiger partial charge is 0.381 e. The first-order valence-electron chi connectivity index (χ1n) is 5.70. The Bertz CT molecular complexity index is 189. The van der Waals surface area contributed by atoms with Crippen molar-refractivity contribution in [1.29, 1.82) is 0 Å². The van der Waals surface area contributed by atoms with Crippen LogP contribution in [-0.4, -0.2) is 50.3 Å². The van der Waals surface area contributed by atoms with Crippen LogP contribution in [0.3, 0.4) is 0 Å². The van der Waals surface area contributed by atoms with Crippen molar-refractivity contribution in [1.82, 2.24) is 10.2 Å². The van der Waals surface area contributed by atoms with E-state index in [0.717, 1.165) is 25.7 Å². The van der Waals surface area contributed by atoms with Gasteiger partial charge >= 0.3 is 0 Å². The Morgan fingerprint density at radius 3 is 2.87 bits per heavy atom. The predicted molar refractivity (Wildman–Crippen MR) is 64.7 cm³/mol. The summed E-state index contributed by atoms with van der Waals surface area (Å²) in [4.78, 5) is 2.52. The topological polar surface area (TPSA) is 24.5 Å². The molecule has 2 aliphatic rings. The standard InChI is InChI=1S/C11H22N2O.ClH/c1-11(4-5-12-9-11)13(2)7-10-3-6-14-8-10;/h10,12H,3-9H2,1-2H3;1H. The summed E-state index contributed by atoms with van der Waals surface area (Å²) in [6, 6.07) is 0. The third-order valence-electron chi connectivity index (χ3n) is 3.82. The molecule has 0 spiro atoms. The molecule has 2 heterocycles. The van der Waals surface area contributed by atoms with Crippen molar-refractivity contribution in [2.45, 2.75) is 25.3 Å². The van der Waals surface area contributed by atoms with Gasteiger partial charge in [0.1, 0.15) is 0 Å². The molecular formula is C11H23ClN2O. The van der Waals surface area contributed by atoms with Gasteiger partial charge in [-0.1, -0.05) is 0 Å². The van der Waals surface area contributed by atoms with Crippen molar-refractivity contribution >= 4 is 12.4 Å². The predicted octanol–water partition coefficient (Wildman–Crippen LogP) is 1.13. The number of rotatable bonds is 3. The smallest absolute Gasteiger partial charge is 0.0507 e. The Morgan fingerprint density at radius 2 is 2.33 bits per heavy atom. The highest BCUT2D eigenvalue weighted by Gasteiger charge is 2.34. The number of nitrogens with zero attached hydrogens (tertiary/aromatic N) is 1. The fourth-order valence-electron chi connectivity index (χ4n) is 2.46. The van der Waals surface area contributed by atoms with Crippen molar-refractivity contribution in [2.24, 2.45) is 5.92 Å². The number of nitrogens with one attached hydrogen (secondary N) is 1. The number of hydrogen-bond donors (Lipinski definition) is 1. The van der Waals surface area contributed by atoms with Crippen LogP contribution in [0.2, 0.25) is 0 Å². The second kappa shape index (κ2) is 5.48. The molecule has 0 aromatic rings. The molecule has 0 aliphatic carbocycles. The summed E-state index contributed by atoms with van der Waals surface area (Å²) in [6.45, 7) is 7.79. The van der Waals surface area contributed by atoms with Crippen LogP contribution >= 0.6 is 12.4 Å². The van der Waals surface area contributed by atoms with Crippen LogP contribution in [0, 0.1) is 5.92 Å². The Kier molecular flexibility index (Phi) is 4.84. The van der Waals surface area contributed by atoms with Crippen molar-refractivity contribution in [3.8, 4) is 0 Å². The van der Waals surface area contributed by atoms with Crippen molar-refractivity contribution in [2.75, 3.05) is 39.9 Å². The van der Waals surface area contributed by atoms with E-state index in [2.05, 4.69) is 24.2 Å². The lowest BCUT2D eigenvalue weighted by atomic mass is 9.97. The molecule has 0 amide bonds. The third-order valence-corrected chi connectivity index (χ3v) is 3.82. The van der Waals surface area contributed by atoms with Gasteiger partial charge in [0, 0.05) is 25.2 Å². The molecule has 0 aromatic heterocycles. The van der Waals surface area contributed by atoms with Gasteiger partial charge < -0.3 is 10.1 Å². The molecule has 2 atom stereocenters. The monoisotopic (exact) mass is 234 g/mol. The maximum absolute atomic E-state index is 5.41. The number of ether oxygens (including phenoxy) is 1. The maximum Gasteiger partial charge on any atom is 0.0507 e. The molecular weight excluding hydrogens is 212 g/mol. The second-order valence-electron chi connectivity index (χ2n) is 5.03. The van der Waals surface area contributed by atoms with Crippen molar-refractivity contribution in [3.63, 3.8) is 0 Å². The van der Waals surface area contributed by atoms with Crippen LogP contribution in [0.15, 0.2) is 0 Å². The SMILES string of the molecule is CN(CC1CCOC1)C1(C)CCNC1.Cl. The van der Waals surface area contributed by atoms with E-state index < -0.39 is 0 Å². The normalized spacial score (nSPS) is 35.8. The minimum atomic E-state index is 0. The Balaban J connectivity index is 0.00000112. The molecule has 0 saturated carbocycles. The van der Waals surface area contributed by atoms with E-state index in [9.17, 15) is 0 Å². The highest BCUT2D eigenvalue weighted by atomic mass is 35.5. The van der Waals surface area contributed by atoms with Gasteiger partial charge in [-0.25, -0.2) is 0 Å². The van der Waals surface area contributed by atoms with Gasteiger partial charge in [-0.2, -0.15) is 0 Å². The maximum atomic E-state index is 5.41. The van der Waals surface area contributed by atoms with E-state index in [1.807, 2.05) is 0 Å². The zero-order valence-corrected chi connectivity index (χ0v) is 10.6. The lowest BCUT2D eigenvalue weighted by Crippen LogP contribution is -2.47. The number of halogens is 1. The molecule has 0 radical (unpaired) electrons. The fourth-order valence-corrected chi connectivity index (χ4v) is 2.46. The van der Waals surface area contributed by atoms with Crippen molar-refractivity contribution in [3.05, 3.63) is 0 Å². The molecule has 1 N–H and O–H groups in total. The summed E-state index contributed by atoms with van der Waals surface area (Å²) >= 11 is 0. The van der Waals surface area contributed by atoms with Gasteiger partial charge in [0.2, 0.25) is 0 Å². The van der Waals surface area contributed by atoms with E-state index in [-0.39, 0.29) is 12.4 Å². The average Bonchev–Trinajstić information content (AvgIpc) is 2.76. The Morgan fingerprint density at radius 1 is 1.53 bits per heavy atom. The van der Waals surface area contributed by atoms with E-state index in [0.29, 0.717) is 5.54 Å². The fraction of sp³-hybridized carbons (Fsp3) is 1.00. The van der Waals surface area contributed by atoms with Crippen LogP contribution in [0.1, 0.15) is 19.8 Å².